The van der Waals surface area contributed by atoms with Crippen LogP contribution in [0.25, 0.3) is 0 Å². The zero-order chi connectivity index (χ0) is 10.1. The Morgan fingerprint density at radius 2 is 2.46 bits per heavy atom. The van der Waals surface area contributed by atoms with Gasteiger partial charge in [-0.15, -0.1) is 0 Å². The van der Waals surface area contributed by atoms with Crippen molar-refractivity contribution in [3.63, 3.8) is 0 Å². The third kappa shape index (κ3) is 2.86. The van der Waals surface area contributed by atoms with E-state index in [2.05, 4.69) is 11.7 Å². The lowest BCUT2D eigenvalue weighted by molar-refractivity contribution is -0.111. The molecule has 2 unspecified atom stereocenters. The molecule has 3 atom stereocenters. The molecule has 0 spiro atoms. The lowest BCUT2D eigenvalue weighted by Crippen LogP contribution is -2.37. The predicted octanol–water partition coefficient (Wildman–Crippen LogP) is 2.47. The van der Waals surface area contributed by atoms with Crippen molar-refractivity contribution in [1.29, 1.82) is 4.61 Å². The maximum Gasteiger partial charge on any atom is 0.137 e. The summed E-state index contributed by atoms with van der Waals surface area (Å²) < 4.78 is 9.74. The number of hydrogen-bond acceptors (Lipinski definition) is 4. The van der Waals surface area contributed by atoms with Crippen LogP contribution >= 0.6 is 38.7 Å². The number of hydrogen-bond donors (Lipinski definition) is 1. The van der Waals surface area contributed by atoms with Crippen LogP contribution in [0.3, 0.4) is 0 Å². The second-order valence-electron chi connectivity index (χ2n) is 3.20. The van der Waals surface area contributed by atoms with Gasteiger partial charge in [0.1, 0.15) is 6.29 Å². The Morgan fingerprint density at radius 1 is 1.85 bits per heavy atom. The highest BCUT2D eigenvalue weighted by molar-refractivity contribution is 14.2. The van der Waals surface area contributed by atoms with Crippen molar-refractivity contribution in [2.24, 2.45) is 0 Å². The van der Waals surface area contributed by atoms with Crippen LogP contribution in [0.15, 0.2) is 0 Å². The van der Waals surface area contributed by atoms with Crippen molar-refractivity contribution in [3.8, 4) is 0 Å². The molecule has 1 aliphatic heterocycles. The van der Waals surface area contributed by atoms with Gasteiger partial charge in [0.05, 0.1) is 11.4 Å². The van der Waals surface area contributed by atoms with Gasteiger partial charge in [0.25, 0.3) is 0 Å². The fraction of sp³-hybridized carbons (Fsp3) is 0.857. The van der Waals surface area contributed by atoms with E-state index in [9.17, 15) is 9.40 Å². The van der Waals surface area contributed by atoms with Crippen LogP contribution in [0.1, 0.15) is 19.8 Å². The smallest absolute Gasteiger partial charge is 0.137 e. The first-order valence-electron chi connectivity index (χ1n) is 4.14. The molecule has 0 aromatic heterocycles. The summed E-state index contributed by atoms with van der Waals surface area (Å²) in [6, 6.07) is -0.0176. The Labute approximate surface area is 96.6 Å². The Hall–Kier alpha value is 0.770. The Kier molecular flexibility index (Phi) is 4.12. The summed E-state index contributed by atoms with van der Waals surface area (Å²) in [4.78, 5) is 12.8. The fourth-order valence-corrected chi connectivity index (χ4v) is 3.43. The second kappa shape index (κ2) is 4.53. The Bertz CT molecular complexity index is 290. The molecule has 1 heterocycles. The molecule has 1 saturated heterocycles. The van der Waals surface area contributed by atoms with Gasteiger partial charge in [-0.3, -0.25) is 4.90 Å². The van der Waals surface area contributed by atoms with Crippen molar-refractivity contribution in [2.75, 3.05) is 6.54 Å². The van der Waals surface area contributed by atoms with Crippen molar-refractivity contribution in [2.45, 2.75) is 31.2 Å². The number of aldehydes is 1. The first-order chi connectivity index (χ1) is 5.96. The van der Waals surface area contributed by atoms with Gasteiger partial charge in [-0.05, 0) is 19.8 Å². The summed E-state index contributed by atoms with van der Waals surface area (Å²) in [5.41, 5.74) is 0. The van der Waals surface area contributed by atoms with E-state index in [1.165, 1.54) is 0 Å². The number of halogens is 1. The minimum atomic E-state index is -1.90. The predicted molar refractivity (Wildman–Crippen MR) is 67.6 cm³/mol. The molecule has 1 aliphatic rings. The SMILES string of the molecule is CC(N1CCC[C@H]1C=O)S(#N)(S)I. The number of nitrogens with zero attached hydrogens (tertiary/aromatic N) is 2. The van der Waals surface area contributed by atoms with Crippen LogP contribution < -0.4 is 0 Å². The molecule has 0 aromatic rings. The summed E-state index contributed by atoms with van der Waals surface area (Å²) in [5.74, 6) is -1.90. The lowest BCUT2D eigenvalue weighted by Gasteiger charge is -2.29. The molecular weight excluding hydrogens is 319 g/mol. The van der Waals surface area contributed by atoms with Gasteiger partial charge < -0.3 is 4.79 Å². The van der Waals surface area contributed by atoms with Crippen LogP contribution in [-0.4, -0.2) is 29.1 Å². The zero-order valence-corrected chi connectivity index (χ0v) is 11.3. The molecule has 1 rings (SSSR count). The molecule has 76 valence electrons. The quantitative estimate of drug-likeness (QED) is 0.366. The zero-order valence-electron chi connectivity index (χ0n) is 7.39. The molecule has 0 aromatic carbocycles. The summed E-state index contributed by atoms with van der Waals surface area (Å²) in [7, 11) is 0. The van der Waals surface area contributed by atoms with Crippen molar-refractivity contribution >= 4 is 45.0 Å². The molecule has 0 bridgehead atoms. The summed E-state index contributed by atoms with van der Waals surface area (Å²) in [6.45, 7) is 2.82. The van der Waals surface area contributed by atoms with Crippen molar-refractivity contribution < 1.29 is 4.79 Å². The molecule has 0 saturated carbocycles. The standard InChI is InChI=1S/C7H13IN2OS2/c1-6(13(8,9)12)10-4-2-3-7(10)5-11/h5-7,12H,2-4H2,1H3/t6?,7-/m0/s1. The van der Waals surface area contributed by atoms with E-state index in [1.54, 1.807) is 0 Å². The van der Waals surface area contributed by atoms with Crippen LogP contribution in [0.4, 0.5) is 0 Å². The van der Waals surface area contributed by atoms with E-state index in [0.717, 1.165) is 25.7 Å². The first-order valence-corrected chi connectivity index (χ1v) is 9.39. The number of thiol groups is 1. The first kappa shape index (κ1) is 11.8. The van der Waals surface area contributed by atoms with Gasteiger partial charge in [-0.25, -0.2) is 4.61 Å². The molecule has 6 heteroatoms. The average Bonchev–Trinajstić information content (AvgIpc) is 2.48. The van der Waals surface area contributed by atoms with E-state index in [1.807, 2.05) is 33.0 Å². The number of carbonyl (C=O) groups is 1. The van der Waals surface area contributed by atoms with E-state index in [0.29, 0.717) is 0 Å². The van der Waals surface area contributed by atoms with Crippen molar-refractivity contribution in [1.82, 2.24) is 4.90 Å². The molecule has 0 aliphatic carbocycles. The third-order valence-electron chi connectivity index (χ3n) is 2.40. The fourth-order valence-electron chi connectivity index (χ4n) is 1.58. The van der Waals surface area contributed by atoms with Gasteiger partial charge in [0, 0.05) is 33.6 Å². The van der Waals surface area contributed by atoms with Crippen LogP contribution in [0, 0.1) is 4.61 Å². The van der Waals surface area contributed by atoms with Gasteiger partial charge in [0.15, 0.2) is 0 Å². The summed E-state index contributed by atoms with van der Waals surface area (Å²) in [5, 5.41) is -0.0193. The van der Waals surface area contributed by atoms with Crippen LogP contribution in [0.5, 0.6) is 0 Å². The minimum Gasteiger partial charge on any atom is -0.302 e. The Morgan fingerprint density at radius 3 is 2.92 bits per heavy atom. The maximum absolute atomic E-state index is 10.7. The molecule has 13 heavy (non-hydrogen) atoms. The van der Waals surface area contributed by atoms with E-state index in [4.69, 9.17) is 0 Å². The molecule has 3 nitrogen and oxygen atoms in total. The molecule has 1 fully saturated rings. The molecule has 0 N–H and O–H groups in total. The highest BCUT2D eigenvalue weighted by Gasteiger charge is 2.32. The van der Waals surface area contributed by atoms with Crippen molar-refractivity contribution in [3.05, 3.63) is 0 Å². The minimum absolute atomic E-state index is 0.0176. The largest absolute Gasteiger partial charge is 0.302 e. The van der Waals surface area contributed by atoms with E-state index >= 15 is 0 Å². The maximum atomic E-state index is 10.7. The molecule has 0 amide bonds. The van der Waals surface area contributed by atoms with Gasteiger partial charge in [-0.1, -0.05) is 11.7 Å². The number of rotatable bonds is 2. The van der Waals surface area contributed by atoms with E-state index < -0.39 is 5.86 Å². The van der Waals surface area contributed by atoms with Gasteiger partial charge in [0.2, 0.25) is 0 Å². The number of likely N-dealkylation sites (tertiary alicyclic amines) is 1. The molecule has 0 radical (unpaired) electrons. The lowest BCUT2D eigenvalue weighted by atomic mass is 10.2. The topological polar surface area (TPSA) is 44.1 Å². The highest BCUT2D eigenvalue weighted by atomic mass is 127. The van der Waals surface area contributed by atoms with E-state index in [-0.39, 0.29) is 11.4 Å². The second-order valence-corrected chi connectivity index (χ2v) is 12.7. The van der Waals surface area contributed by atoms with Gasteiger partial charge >= 0.3 is 0 Å². The van der Waals surface area contributed by atoms with Gasteiger partial charge in [-0.2, -0.15) is 0 Å². The third-order valence-corrected chi connectivity index (χ3v) is 6.66. The molecular formula is C7H13IN2OS2. The normalized spacial score (nSPS) is 31.1. The number of carbonyl (C=O) groups excluding carboxylic acids is 1. The highest BCUT2D eigenvalue weighted by Crippen LogP contribution is 2.52. The average molecular weight is 332 g/mol. The summed E-state index contributed by atoms with van der Waals surface area (Å²) >= 11 is 6.14. The monoisotopic (exact) mass is 332 g/mol. The Balaban J connectivity index is 2.73. The van der Waals surface area contributed by atoms with Crippen LogP contribution in [-0.2, 0) is 4.79 Å². The summed E-state index contributed by atoms with van der Waals surface area (Å²) in [6.07, 6.45) is 2.92. The van der Waals surface area contributed by atoms with Crippen LogP contribution in [0.2, 0.25) is 0 Å².